The third kappa shape index (κ3) is 4.50. The Morgan fingerprint density at radius 3 is 1.66 bits per heavy atom. The van der Waals surface area contributed by atoms with Crippen LogP contribution in [-0.2, 0) is 11.0 Å². The predicted octanol–water partition coefficient (Wildman–Crippen LogP) is 10.5. The molecule has 0 amide bonds. The normalized spacial score (nSPS) is 12.3. The second-order valence-electron chi connectivity index (χ2n) is 12.4. The van der Waals surface area contributed by atoms with Gasteiger partial charge < -0.3 is 4.57 Å². The summed E-state index contributed by atoms with van der Waals surface area (Å²) in [4.78, 5) is 0. The molecule has 1 nitrogen and oxygen atoms in total. The lowest BCUT2D eigenvalue weighted by Crippen LogP contribution is -2.25. The van der Waals surface area contributed by atoms with E-state index in [1.807, 2.05) is 72.8 Å². The van der Waals surface area contributed by atoms with Crippen LogP contribution in [0.5, 0.6) is 0 Å². The summed E-state index contributed by atoms with van der Waals surface area (Å²) in [5, 5.41) is 7.75. The van der Waals surface area contributed by atoms with Gasteiger partial charge in [-0.1, -0.05) is 158 Å². The van der Waals surface area contributed by atoms with E-state index in [2.05, 4.69) is 103 Å². The van der Waals surface area contributed by atoms with Gasteiger partial charge in [-0.15, -0.1) is 0 Å². The Morgan fingerprint density at radius 1 is 0.362 bits per heavy atom. The van der Waals surface area contributed by atoms with E-state index in [0.717, 1.165) is 33.5 Å². The Bertz CT molecular complexity index is 2470. The van der Waals surface area contributed by atoms with Gasteiger partial charge in [0.15, 0.2) is 7.14 Å². The van der Waals surface area contributed by atoms with Crippen molar-refractivity contribution in [3.05, 3.63) is 187 Å². The predicted molar refractivity (Wildman–Crippen MR) is 200 cm³/mol. The van der Waals surface area contributed by atoms with Crippen molar-refractivity contribution in [3.63, 3.8) is 0 Å². The SMILES string of the molecule is O=P(c1ccccc1)(c1ccccc1)c1cccc(-c2cccc(-c3cc4c(c5ccccc35)Cc3c-4ccc4ccccc34)c2)c1. The molecular weight excluding hydrogens is 587 g/mol. The Hall–Kier alpha value is -5.49. The molecule has 2 heteroatoms. The van der Waals surface area contributed by atoms with Crippen LogP contribution in [0.1, 0.15) is 11.1 Å². The highest BCUT2D eigenvalue weighted by Gasteiger charge is 2.30. The van der Waals surface area contributed by atoms with Crippen LogP contribution in [-0.4, -0.2) is 0 Å². The first-order chi connectivity index (χ1) is 23.2. The largest absolute Gasteiger partial charge is 0.309 e. The van der Waals surface area contributed by atoms with E-state index >= 15 is 4.57 Å². The summed E-state index contributed by atoms with van der Waals surface area (Å²) >= 11 is 0. The third-order valence-corrected chi connectivity index (χ3v) is 12.9. The fourth-order valence-electron chi connectivity index (χ4n) is 7.53. The van der Waals surface area contributed by atoms with Gasteiger partial charge in [0.1, 0.15) is 0 Å². The first-order valence-corrected chi connectivity index (χ1v) is 17.9. The maximum absolute atomic E-state index is 15.1. The van der Waals surface area contributed by atoms with Gasteiger partial charge in [0.25, 0.3) is 0 Å². The minimum atomic E-state index is -3.08. The lowest BCUT2D eigenvalue weighted by molar-refractivity contribution is 0.592. The molecule has 8 aromatic carbocycles. The molecule has 222 valence electrons. The topological polar surface area (TPSA) is 17.1 Å². The van der Waals surface area contributed by atoms with Crippen molar-refractivity contribution >= 4 is 44.6 Å². The van der Waals surface area contributed by atoms with Crippen molar-refractivity contribution < 1.29 is 4.57 Å². The monoisotopic (exact) mass is 618 g/mol. The van der Waals surface area contributed by atoms with E-state index in [1.165, 1.54) is 54.9 Å². The summed E-state index contributed by atoms with van der Waals surface area (Å²) < 4.78 is 15.1. The Morgan fingerprint density at radius 2 is 0.915 bits per heavy atom. The standard InChI is InChI=1S/C45H31OP/c46-47(35-17-3-1-4-18-35,36-19-5-2-6-20-36)37-21-12-15-33(28-37)32-14-11-16-34(27-32)42-29-44-41-26-25-31-13-7-8-22-38(31)43(41)30-45(44)40-24-10-9-23-39(40)42/h1-29H,30H2. The molecule has 0 aliphatic heterocycles. The molecule has 0 unspecified atom stereocenters. The summed E-state index contributed by atoms with van der Waals surface area (Å²) in [5.74, 6) is 0. The highest BCUT2D eigenvalue weighted by atomic mass is 31.2. The minimum Gasteiger partial charge on any atom is -0.309 e. The molecule has 0 saturated carbocycles. The molecular formula is C45H31OP. The van der Waals surface area contributed by atoms with E-state index in [-0.39, 0.29) is 0 Å². The fourth-order valence-corrected chi connectivity index (χ4v) is 10.2. The molecule has 8 aromatic rings. The van der Waals surface area contributed by atoms with E-state index in [9.17, 15) is 0 Å². The molecule has 0 bridgehead atoms. The van der Waals surface area contributed by atoms with E-state index in [0.29, 0.717) is 0 Å². The second-order valence-corrected chi connectivity index (χ2v) is 15.2. The van der Waals surface area contributed by atoms with Crippen molar-refractivity contribution in [2.45, 2.75) is 6.42 Å². The van der Waals surface area contributed by atoms with Gasteiger partial charge >= 0.3 is 0 Å². The zero-order chi connectivity index (χ0) is 31.4. The summed E-state index contributed by atoms with van der Waals surface area (Å²) in [6, 6.07) is 61.5. The molecule has 0 N–H and O–H groups in total. The Balaban J connectivity index is 1.19. The summed E-state index contributed by atoms with van der Waals surface area (Å²) in [7, 11) is -3.08. The van der Waals surface area contributed by atoms with Gasteiger partial charge in [-0.25, -0.2) is 0 Å². The van der Waals surface area contributed by atoms with Gasteiger partial charge in [0.2, 0.25) is 0 Å². The summed E-state index contributed by atoms with van der Waals surface area (Å²) in [6.45, 7) is 0. The van der Waals surface area contributed by atoms with E-state index in [1.54, 1.807) is 0 Å². The van der Waals surface area contributed by atoms with Crippen LogP contribution in [0.3, 0.4) is 0 Å². The maximum atomic E-state index is 15.1. The molecule has 47 heavy (non-hydrogen) atoms. The zero-order valence-corrected chi connectivity index (χ0v) is 26.7. The molecule has 9 rings (SSSR count). The molecule has 0 spiro atoms. The van der Waals surface area contributed by atoms with Crippen LogP contribution in [0, 0.1) is 0 Å². The second kappa shape index (κ2) is 11.1. The molecule has 0 fully saturated rings. The van der Waals surface area contributed by atoms with Crippen LogP contribution < -0.4 is 15.9 Å². The molecule has 0 aromatic heterocycles. The molecule has 0 saturated heterocycles. The van der Waals surface area contributed by atoms with Gasteiger partial charge in [-0.2, -0.15) is 0 Å². The van der Waals surface area contributed by atoms with Crippen molar-refractivity contribution in [2.75, 3.05) is 0 Å². The molecule has 0 radical (unpaired) electrons. The smallest absolute Gasteiger partial charge is 0.171 e. The van der Waals surface area contributed by atoms with Gasteiger partial charge in [-0.05, 0) is 90.7 Å². The lowest BCUT2D eigenvalue weighted by atomic mass is 9.90. The number of rotatable bonds is 5. The number of hydrogen-bond donors (Lipinski definition) is 0. The van der Waals surface area contributed by atoms with Crippen LogP contribution in [0.2, 0.25) is 0 Å². The zero-order valence-electron chi connectivity index (χ0n) is 25.8. The number of benzene rings is 8. The quantitative estimate of drug-likeness (QED) is 0.175. The first-order valence-electron chi connectivity index (χ1n) is 16.2. The van der Waals surface area contributed by atoms with Crippen molar-refractivity contribution in [1.82, 2.24) is 0 Å². The van der Waals surface area contributed by atoms with Gasteiger partial charge in [0, 0.05) is 15.9 Å². The average Bonchev–Trinajstić information content (AvgIpc) is 3.54. The maximum Gasteiger partial charge on any atom is 0.171 e. The van der Waals surface area contributed by atoms with Crippen molar-refractivity contribution in [2.24, 2.45) is 0 Å². The van der Waals surface area contributed by atoms with Gasteiger partial charge in [-0.3, -0.25) is 0 Å². The Kier molecular flexibility index (Phi) is 6.56. The first kappa shape index (κ1) is 27.8. The fraction of sp³-hybridized carbons (Fsp3) is 0.0222. The summed E-state index contributed by atoms with van der Waals surface area (Å²) in [5.41, 5.74) is 10.1. The number of hydrogen-bond acceptors (Lipinski definition) is 1. The molecule has 1 aliphatic carbocycles. The average molecular weight is 619 g/mol. The van der Waals surface area contributed by atoms with Crippen molar-refractivity contribution in [1.29, 1.82) is 0 Å². The van der Waals surface area contributed by atoms with E-state index in [4.69, 9.17) is 0 Å². The van der Waals surface area contributed by atoms with Crippen LogP contribution >= 0.6 is 7.14 Å². The highest BCUT2D eigenvalue weighted by Crippen LogP contribution is 2.47. The minimum absolute atomic E-state index is 0.838. The number of fused-ring (bicyclic) bond motifs is 7. The third-order valence-electron chi connectivity index (χ3n) is 9.80. The van der Waals surface area contributed by atoms with Crippen LogP contribution in [0.4, 0.5) is 0 Å². The molecule has 0 atom stereocenters. The summed E-state index contributed by atoms with van der Waals surface area (Å²) in [6.07, 6.45) is 0.947. The Labute approximate surface area is 275 Å². The lowest BCUT2D eigenvalue weighted by Gasteiger charge is -2.21. The van der Waals surface area contributed by atoms with E-state index < -0.39 is 7.14 Å². The molecule has 0 heterocycles. The van der Waals surface area contributed by atoms with Gasteiger partial charge in [0.05, 0.1) is 0 Å². The van der Waals surface area contributed by atoms with Crippen molar-refractivity contribution in [3.8, 4) is 33.4 Å². The highest BCUT2D eigenvalue weighted by molar-refractivity contribution is 7.85. The van der Waals surface area contributed by atoms with Crippen LogP contribution in [0.25, 0.3) is 54.9 Å². The molecule has 1 aliphatic rings. The van der Waals surface area contributed by atoms with Crippen LogP contribution in [0.15, 0.2) is 176 Å².